The lowest BCUT2D eigenvalue weighted by molar-refractivity contribution is 0.416. The van der Waals surface area contributed by atoms with Crippen molar-refractivity contribution in [3.63, 3.8) is 0 Å². The number of para-hydroxylation sites is 2. The van der Waals surface area contributed by atoms with Gasteiger partial charge in [0.2, 0.25) is 0 Å². The van der Waals surface area contributed by atoms with Gasteiger partial charge in [0.05, 0.1) is 25.6 Å². The van der Waals surface area contributed by atoms with Gasteiger partial charge in [-0.3, -0.25) is 0 Å². The second kappa shape index (κ2) is 10.2. The van der Waals surface area contributed by atoms with Crippen LogP contribution in [0.2, 0.25) is 5.15 Å². The number of methoxy groups -OCH3 is 2. The van der Waals surface area contributed by atoms with Gasteiger partial charge in [-0.15, -0.1) is 0 Å². The first-order chi connectivity index (χ1) is 14.6. The zero-order valence-corrected chi connectivity index (χ0v) is 17.2. The molecular formula is C22H20ClN5O2. The van der Waals surface area contributed by atoms with Crippen molar-refractivity contribution in [2.24, 2.45) is 0 Å². The van der Waals surface area contributed by atoms with Crippen LogP contribution in [-0.2, 0) is 0 Å². The first kappa shape index (κ1) is 21.0. The summed E-state index contributed by atoms with van der Waals surface area (Å²) in [6.45, 7) is 0. The fraction of sp³-hybridized carbons (Fsp3) is 0.0909. The molecule has 8 heteroatoms. The average Bonchev–Trinajstić information content (AvgIpc) is 2.79. The predicted molar refractivity (Wildman–Crippen MR) is 117 cm³/mol. The zero-order valence-electron chi connectivity index (χ0n) is 16.5. The van der Waals surface area contributed by atoms with E-state index in [0.717, 1.165) is 34.0 Å². The third kappa shape index (κ3) is 5.21. The molecule has 0 aliphatic rings. The summed E-state index contributed by atoms with van der Waals surface area (Å²) in [4.78, 5) is 16.0. The van der Waals surface area contributed by atoms with Crippen LogP contribution in [0.15, 0.2) is 73.3 Å². The molecule has 0 spiro atoms. The van der Waals surface area contributed by atoms with Gasteiger partial charge < -0.3 is 15.2 Å². The summed E-state index contributed by atoms with van der Waals surface area (Å²) in [5.41, 5.74) is 8.93. The van der Waals surface area contributed by atoms with Crippen molar-refractivity contribution in [2.45, 2.75) is 0 Å². The number of hydrogen-bond acceptors (Lipinski definition) is 7. The lowest BCUT2D eigenvalue weighted by Crippen LogP contribution is -1.94. The van der Waals surface area contributed by atoms with Crippen LogP contribution in [0.5, 0.6) is 11.5 Å². The molecule has 0 aliphatic carbocycles. The molecule has 30 heavy (non-hydrogen) atoms. The minimum Gasteiger partial charge on any atom is -0.496 e. The van der Waals surface area contributed by atoms with E-state index in [4.69, 9.17) is 26.8 Å². The molecule has 0 unspecified atom stereocenters. The Kier molecular flexibility index (Phi) is 7.13. The molecule has 4 rings (SSSR count). The zero-order chi connectivity index (χ0) is 21.3. The average molecular weight is 422 g/mol. The molecule has 0 amide bonds. The highest BCUT2D eigenvalue weighted by molar-refractivity contribution is 6.29. The van der Waals surface area contributed by atoms with Gasteiger partial charge in [-0.05, 0) is 24.3 Å². The Morgan fingerprint density at radius 3 is 1.70 bits per heavy atom. The highest BCUT2D eigenvalue weighted by Gasteiger charge is 2.07. The fourth-order valence-corrected chi connectivity index (χ4v) is 2.86. The van der Waals surface area contributed by atoms with Crippen LogP contribution < -0.4 is 15.2 Å². The third-order valence-electron chi connectivity index (χ3n) is 4.09. The number of nitrogens with two attached hydrogens (primary N) is 1. The molecule has 2 aromatic carbocycles. The van der Waals surface area contributed by atoms with Crippen LogP contribution in [-0.4, -0.2) is 34.2 Å². The Balaban J connectivity index is 0.000000171. The Morgan fingerprint density at radius 1 is 0.700 bits per heavy atom. The van der Waals surface area contributed by atoms with Gasteiger partial charge in [-0.1, -0.05) is 35.9 Å². The topological polar surface area (TPSA) is 96.0 Å². The van der Waals surface area contributed by atoms with Crippen molar-refractivity contribution >= 4 is 17.4 Å². The molecule has 0 saturated carbocycles. The minimum atomic E-state index is 0.422. The first-order valence-electron chi connectivity index (χ1n) is 8.94. The van der Waals surface area contributed by atoms with Crippen LogP contribution in [0.3, 0.4) is 0 Å². The molecule has 152 valence electrons. The summed E-state index contributed by atoms with van der Waals surface area (Å²) >= 11 is 5.80. The molecule has 7 nitrogen and oxygen atoms in total. The number of aromatic nitrogens is 4. The van der Waals surface area contributed by atoms with Gasteiger partial charge in [0, 0.05) is 23.3 Å². The number of nitrogen functional groups attached to an aromatic ring is 1. The van der Waals surface area contributed by atoms with Crippen molar-refractivity contribution in [3.05, 3.63) is 78.5 Å². The molecule has 0 aliphatic heterocycles. The van der Waals surface area contributed by atoms with E-state index >= 15 is 0 Å². The second-order valence-electron chi connectivity index (χ2n) is 5.95. The highest BCUT2D eigenvalue weighted by atomic mass is 35.5. The van der Waals surface area contributed by atoms with Gasteiger partial charge in [0.25, 0.3) is 0 Å². The molecule has 2 heterocycles. The van der Waals surface area contributed by atoms with E-state index in [-0.39, 0.29) is 0 Å². The first-order valence-corrected chi connectivity index (χ1v) is 9.32. The van der Waals surface area contributed by atoms with E-state index in [0.29, 0.717) is 11.0 Å². The smallest absolute Gasteiger partial charge is 0.133 e. The summed E-state index contributed by atoms with van der Waals surface area (Å²) in [5.74, 6) is 1.99. The number of hydrogen-bond donors (Lipinski definition) is 1. The van der Waals surface area contributed by atoms with Crippen LogP contribution in [0.4, 0.5) is 5.82 Å². The molecule has 0 atom stereocenters. The lowest BCUT2D eigenvalue weighted by Gasteiger charge is -2.07. The van der Waals surface area contributed by atoms with E-state index in [1.54, 1.807) is 26.4 Å². The van der Waals surface area contributed by atoms with Crippen LogP contribution in [0.25, 0.3) is 22.5 Å². The maximum absolute atomic E-state index is 5.80. The maximum atomic E-state index is 5.80. The highest BCUT2D eigenvalue weighted by Crippen LogP contribution is 2.29. The molecule has 2 N–H and O–H groups in total. The molecule has 0 fully saturated rings. The summed E-state index contributed by atoms with van der Waals surface area (Å²) in [6.07, 6.45) is 2.88. The van der Waals surface area contributed by atoms with E-state index in [2.05, 4.69) is 19.9 Å². The Morgan fingerprint density at radius 2 is 1.20 bits per heavy atom. The minimum absolute atomic E-state index is 0.422. The SMILES string of the molecule is COc1ccccc1-c1cc(Cl)ncn1.COc1ccccc1-c1cc(N)ncn1. The number of nitrogens with zero attached hydrogens (tertiary/aromatic N) is 4. The van der Waals surface area contributed by atoms with Gasteiger partial charge in [-0.2, -0.15) is 0 Å². The molecule has 4 aromatic rings. The summed E-state index contributed by atoms with van der Waals surface area (Å²) in [7, 11) is 3.25. The lowest BCUT2D eigenvalue weighted by atomic mass is 10.1. The van der Waals surface area contributed by atoms with Crippen molar-refractivity contribution in [3.8, 4) is 34.0 Å². The molecular weight excluding hydrogens is 402 g/mol. The number of anilines is 1. The Hall–Kier alpha value is -3.71. The largest absolute Gasteiger partial charge is 0.496 e. The second-order valence-corrected chi connectivity index (χ2v) is 6.34. The normalized spacial score (nSPS) is 9.97. The van der Waals surface area contributed by atoms with E-state index in [1.165, 1.54) is 12.7 Å². The molecule has 0 radical (unpaired) electrons. The summed E-state index contributed by atoms with van der Waals surface area (Å²) in [5, 5.41) is 0.422. The quantitative estimate of drug-likeness (QED) is 0.483. The summed E-state index contributed by atoms with van der Waals surface area (Å²) < 4.78 is 10.5. The molecule has 0 saturated heterocycles. The molecule has 0 bridgehead atoms. The van der Waals surface area contributed by atoms with Gasteiger partial charge in [0.15, 0.2) is 0 Å². The number of halogens is 1. The number of benzene rings is 2. The van der Waals surface area contributed by atoms with Crippen molar-refractivity contribution in [1.82, 2.24) is 19.9 Å². The van der Waals surface area contributed by atoms with Crippen molar-refractivity contribution in [1.29, 1.82) is 0 Å². The Bertz CT molecular complexity index is 1030. The van der Waals surface area contributed by atoms with E-state index < -0.39 is 0 Å². The van der Waals surface area contributed by atoms with Gasteiger partial charge >= 0.3 is 0 Å². The summed E-state index contributed by atoms with van der Waals surface area (Å²) in [6, 6.07) is 18.7. The fourth-order valence-electron chi connectivity index (χ4n) is 2.71. The maximum Gasteiger partial charge on any atom is 0.133 e. The van der Waals surface area contributed by atoms with Crippen LogP contribution in [0.1, 0.15) is 0 Å². The monoisotopic (exact) mass is 421 g/mol. The van der Waals surface area contributed by atoms with Crippen molar-refractivity contribution < 1.29 is 9.47 Å². The van der Waals surface area contributed by atoms with E-state index in [9.17, 15) is 0 Å². The Labute approximate surface area is 179 Å². The standard InChI is InChI=1S/C11H9ClN2O.C11H11N3O/c2*1-15-10-5-3-2-4-8(10)9-6-11(12)14-7-13-9/h2-7H,1H3;2-7H,1H3,(H2,12,13,14). The molecule has 2 aromatic heterocycles. The van der Waals surface area contributed by atoms with Crippen LogP contribution in [0, 0.1) is 0 Å². The van der Waals surface area contributed by atoms with Crippen LogP contribution >= 0.6 is 11.6 Å². The third-order valence-corrected chi connectivity index (χ3v) is 4.29. The predicted octanol–water partition coefficient (Wildman–Crippen LogP) is 4.54. The van der Waals surface area contributed by atoms with Gasteiger partial charge in [0.1, 0.15) is 35.1 Å². The van der Waals surface area contributed by atoms with Crippen molar-refractivity contribution in [2.75, 3.05) is 20.0 Å². The number of rotatable bonds is 4. The van der Waals surface area contributed by atoms with E-state index in [1.807, 2.05) is 48.5 Å². The number of ether oxygens (including phenoxy) is 2. The van der Waals surface area contributed by atoms with Gasteiger partial charge in [-0.25, -0.2) is 19.9 Å².